The zero-order valence-corrected chi connectivity index (χ0v) is 16.2. The van der Waals surface area contributed by atoms with E-state index in [0.29, 0.717) is 18.3 Å². The van der Waals surface area contributed by atoms with Crippen molar-refractivity contribution in [2.45, 2.75) is 44.9 Å². The van der Waals surface area contributed by atoms with Crippen LogP contribution in [0.2, 0.25) is 0 Å². The first-order valence-electron chi connectivity index (χ1n) is 9.84. The van der Waals surface area contributed by atoms with Crippen LogP contribution in [0.5, 0.6) is 0 Å². The third-order valence-corrected chi connectivity index (χ3v) is 6.20. The smallest absolute Gasteiger partial charge is 0.141 e. The van der Waals surface area contributed by atoms with E-state index in [1.165, 1.54) is 32.1 Å². The molecule has 1 N–H and O–H groups in total. The van der Waals surface area contributed by atoms with Crippen molar-refractivity contribution < 1.29 is 9.90 Å². The van der Waals surface area contributed by atoms with Gasteiger partial charge in [0.1, 0.15) is 5.78 Å². The number of aliphatic hydroxyl groups is 1. The molecule has 140 valence electrons. The highest BCUT2D eigenvalue weighted by molar-refractivity contribution is 5.84. The van der Waals surface area contributed by atoms with Crippen molar-refractivity contribution in [1.82, 2.24) is 9.80 Å². The molecule has 5 atom stereocenters. The van der Waals surface area contributed by atoms with E-state index < -0.39 is 0 Å². The van der Waals surface area contributed by atoms with Crippen molar-refractivity contribution in [3.63, 3.8) is 0 Å². The Morgan fingerprint density at radius 1 is 0.917 bits per heavy atom. The van der Waals surface area contributed by atoms with Gasteiger partial charge in [-0.15, -0.1) is 0 Å². The fourth-order valence-electron chi connectivity index (χ4n) is 5.07. The first-order chi connectivity index (χ1) is 11.4. The van der Waals surface area contributed by atoms with Crippen molar-refractivity contribution in [2.24, 2.45) is 29.6 Å². The number of fused-ring (bicyclic) bond motifs is 2. The summed E-state index contributed by atoms with van der Waals surface area (Å²) in [4.78, 5) is 16.4. The summed E-state index contributed by atoms with van der Waals surface area (Å²) in [5, 5.41) is 8.89. The lowest BCUT2D eigenvalue weighted by Gasteiger charge is -2.31. The molecule has 0 aromatic heterocycles. The minimum absolute atomic E-state index is 0.277. The van der Waals surface area contributed by atoms with Crippen molar-refractivity contribution in [1.29, 1.82) is 0 Å². The van der Waals surface area contributed by atoms with Gasteiger partial charge >= 0.3 is 0 Å². The number of carbonyl (C=O) groups excluding carboxylic acids is 1. The van der Waals surface area contributed by atoms with E-state index in [4.69, 9.17) is 5.11 Å². The summed E-state index contributed by atoms with van der Waals surface area (Å²) in [6.45, 7) is 2.28. The maximum absolute atomic E-state index is 12.1. The highest BCUT2D eigenvalue weighted by Crippen LogP contribution is 2.47. The summed E-state index contributed by atoms with van der Waals surface area (Å²) in [6, 6.07) is 0. The molecule has 0 heterocycles. The molecular weight excluding hydrogens is 300 g/mol. The SMILES string of the molecule is CN(C)CC1CCCC(CN(C)C)C1=O.OCC1CC2CCC1C2. The number of aliphatic hydroxyl groups excluding tert-OH is 1. The van der Waals surface area contributed by atoms with E-state index >= 15 is 0 Å². The molecule has 4 heteroatoms. The van der Waals surface area contributed by atoms with Crippen LogP contribution in [0.3, 0.4) is 0 Å². The van der Waals surface area contributed by atoms with Gasteiger partial charge in [0, 0.05) is 31.5 Å². The summed E-state index contributed by atoms with van der Waals surface area (Å²) in [5.41, 5.74) is 0. The second-order valence-electron chi connectivity index (χ2n) is 8.87. The first-order valence-corrected chi connectivity index (χ1v) is 9.84. The highest BCUT2D eigenvalue weighted by Gasteiger charge is 2.38. The highest BCUT2D eigenvalue weighted by atomic mass is 16.3. The summed E-state index contributed by atoms with van der Waals surface area (Å²) in [6.07, 6.45) is 8.97. The van der Waals surface area contributed by atoms with Crippen LogP contribution in [0, 0.1) is 29.6 Å². The predicted molar refractivity (Wildman–Crippen MR) is 99.0 cm³/mol. The molecule has 0 radical (unpaired) electrons. The van der Waals surface area contributed by atoms with Crippen molar-refractivity contribution in [3.8, 4) is 0 Å². The van der Waals surface area contributed by atoms with Gasteiger partial charge < -0.3 is 14.9 Å². The summed E-state index contributed by atoms with van der Waals surface area (Å²) < 4.78 is 0. The predicted octanol–water partition coefficient (Wildman–Crippen LogP) is 2.51. The third kappa shape index (κ3) is 5.53. The Morgan fingerprint density at radius 3 is 1.83 bits per heavy atom. The van der Waals surface area contributed by atoms with Gasteiger partial charge in [-0.3, -0.25) is 4.79 Å². The summed E-state index contributed by atoms with van der Waals surface area (Å²) in [5.74, 6) is 3.62. The van der Waals surface area contributed by atoms with Crippen molar-refractivity contribution >= 4 is 5.78 Å². The molecule has 2 bridgehead atoms. The van der Waals surface area contributed by atoms with Crippen LogP contribution in [0.1, 0.15) is 44.9 Å². The van der Waals surface area contributed by atoms with Crippen LogP contribution >= 0.6 is 0 Å². The molecule has 3 rings (SSSR count). The molecule has 0 saturated heterocycles. The van der Waals surface area contributed by atoms with Crippen molar-refractivity contribution in [3.05, 3.63) is 0 Å². The number of rotatable bonds is 5. The number of Topliss-reactive ketones (excluding diaryl/α,β-unsaturated/α-hetero) is 1. The Morgan fingerprint density at radius 2 is 1.50 bits per heavy atom. The Bertz CT molecular complexity index is 377. The second-order valence-corrected chi connectivity index (χ2v) is 8.87. The van der Waals surface area contributed by atoms with Crippen LogP contribution in [-0.4, -0.2) is 68.6 Å². The normalized spacial score (nSPS) is 35.5. The van der Waals surface area contributed by atoms with E-state index in [0.717, 1.165) is 37.8 Å². The molecule has 3 aliphatic carbocycles. The molecule has 3 saturated carbocycles. The van der Waals surface area contributed by atoms with Gasteiger partial charge in [-0.25, -0.2) is 0 Å². The number of ketones is 1. The number of carbonyl (C=O) groups is 1. The van der Waals surface area contributed by atoms with Crippen LogP contribution in [-0.2, 0) is 4.79 Å². The quantitative estimate of drug-likeness (QED) is 0.836. The lowest BCUT2D eigenvalue weighted by molar-refractivity contribution is -0.130. The minimum Gasteiger partial charge on any atom is -0.396 e. The maximum atomic E-state index is 12.1. The number of hydrogen-bond donors (Lipinski definition) is 1. The van der Waals surface area contributed by atoms with E-state index in [9.17, 15) is 4.79 Å². The fraction of sp³-hybridized carbons (Fsp3) is 0.950. The minimum atomic E-state index is 0.277. The fourth-order valence-corrected chi connectivity index (χ4v) is 5.07. The summed E-state index contributed by atoms with van der Waals surface area (Å²) >= 11 is 0. The molecule has 0 spiro atoms. The van der Waals surface area contributed by atoms with Gasteiger partial charge in [0.05, 0.1) is 0 Å². The summed E-state index contributed by atoms with van der Waals surface area (Å²) in [7, 11) is 8.18. The average Bonchev–Trinajstić information content (AvgIpc) is 3.13. The third-order valence-electron chi connectivity index (χ3n) is 6.20. The molecular formula is C20H38N2O2. The Balaban J connectivity index is 0.000000194. The Hall–Kier alpha value is -0.450. The topological polar surface area (TPSA) is 43.8 Å². The van der Waals surface area contributed by atoms with Gasteiger partial charge in [-0.2, -0.15) is 0 Å². The largest absolute Gasteiger partial charge is 0.396 e. The van der Waals surface area contributed by atoms with Gasteiger partial charge in [-0.05, 0) is 78.0 Å². The zero-order valence-electron chi connectivity index (χ0n) is 16.2. The molecule has 0 amide bonds. The van der Waals surface area contributed by atoms with Gasteiger partial charge in [0.2, 0.25) is 0 Å². The van der Waals surface area contributed by atoms with E-state index in [1.807, 2.05) is 28.2 Å². The van der Waals surface area contributed by atoms with Crippen LogP contribution in [0.15, 0.2) is 0 Å². The molecule has 3 aliphatic rings. The molecule has 3 fully saturated rings. The van der Waals surface area contributed by atoms with Gasteiger partial charge in [0.15, 0.2) is 0 Å². The molecule has 0 aromatic carbocycles. The second kappa shape index (κ2) is 9.30. The van der Waals surface area contributed by atoms with Crippen LogP contribution < -0.4 is 0 Å². The monoisotopic (exact) mass is 338 g/mol. The van der Waals surface area contributed by atoms with E-state index in [1.54, 1.807) is 0 Å². The maximum Gasteiger partial charge on any atom is 0.141 e. The molecule has 0 aromatic rings. The Labute approximate surface area is 148 Å². The first kappa shape index (κ1) is 19.9. The number of hydrogen-bond acceptors (Lipinski definition) is 4. The molecule has 4 nitrogen and oxygen atoms in total. The zero-order chi connectivity index (χ0) is 17.7. The van der Waals surface area contributed by atoms with E-state index in [2.05, 4.69) is 9.80 Å². The lowest BCUT2D eigenvalue weighted by atomic mass is 9.79. The Kier molecular flexibility index (Phi) is 7.70. The van der Waals surface area contributed by atoms with Crippen LogP contribution in [0.25, 0.3) is 0 Å². The molecule has 5 unspecified atom stereocenters. The standard InChI is InChI=1S/C12H24N2O.C8H14O/c1-13(2)8-10-6-5-7-11(12(10)15)9-14(3)4;9-5-8-4-6-1-2-7(8)3-6/h10-11H,5-9H2,1-4H3;6-9H,1-5H2. The van der Waals surface area contributed by atoms with Gasteiger partial charge in [-0.1, -0.05) is 12.8 Å². The van der Waals surface area contributed by atoms with Gasteiger partial charge in [0.25, 0.3) is 0 Å². The molecule has 24 heavy (non-hydrogen) atoms. The molecule has 0 aliphatic heterocycles. The van der Waals surface area contributed by atoms with Crippen LogP contribution in [0.4, 0.5) is 0 Å². The average molecular weight is 339 g/mol. The van der Waals surface area contributed by atoms with E-state index in [-0.39, 0.29) is 11.8 Å². The lowest BCUT2D eigenvalue weighted by Crippen LogP contribution is -2.39. The van der Waals surface area contributed by atoms with Crippen molar-refractivity contribution in [2.75, 3.05) is 47.9 Å². The number of nitrogens with zero attached hydrogens (tertiary/aromatic N) is 2.